The van der Waals surface area contributed by atoms with Crippen LogP contribution in [0.1, 0.15) is 15.9 Å². The highest BCUT2D eigenvalue weighted by Gasteiger charge is 2.16. The predicted octanol–water partition coefficient (Wildman–Crippen LogP) is 1.88. The molecule has 0 aliphatic heterocycles. The third-order valence-corrected chi connectivity index (χ3v) is 3.10. The van der Waals surface area contributed by atoms with Crippen molar-refractivity contribution in [3.63, 3.8) is 0 Å². The van der Waals surface area contributed by atoms with Gasteiger partial charge in [-0.25, -0.2) is 9.78 Å². The number of pyridine rings is 1. The van der Waals surface area contributed by atoms with Crippen LogP contribution >= 0.6 is 0 Å². The summed E-state index contributed by atoms with van der Waals surface area (Å²) in [5, 5.41) is 12.6. The molecule has 0 aliphatic carbocycles. The van der Waals surface area contributed by atoms with E-state index in [1.54, 1.807) is 18.3 Å². The molecule has 0 saturated heterocycles. The Morgan fingerprint density at radius 3 is 2.71 bits per heavy atom. The van der Waals surface area contributed by atoms with Crippen molar-refractivity contribution in [3.8, 4) is 0 Å². The lowest BCUT2D eigenvalue weighted by molar-refractivity contribution is 0.0601. The second kappa shape index (κ2) is 7.40. The van der Waals surface area contributed by atoms with Gasteiger partial charge in [-0.1, -0.05) is 30.3 Å². The van der Waals surface area contributed by atoms with Crippen LogP contribution < -0.4 is 5.32 Å². The molecule has 1 unspecified atom stereocenters. The van der Waals surface area contributed by atoms with Crippen molar-refractivity contribution >= 4 is 11.8 Å². The summed E-state index contributed by atoms with van der Waals surface area (Å²) < 4.78 is 4.73. The smallest absolute Gasteiger partial charge is 0.341 e. The molecule has 0 amide bonds. The number of ether oxygens (including phenoxy) is 1. The van der Waals surface area contributed by atoms with Crippen LogP contribution in [-0.2, 0) is 11.2 Å². The van der Waals surface area contributed by atoms with Crippen LogP contribution in [0.15, 0.2) is 48.7 Å². The van der Waals surface area contributed by atoms with Gasteiger partial charge in [0.05, 0.1) is 19.8 Å². The molecule has 1 aromatic heterocycles. The minimum atomic E-state index is -0.456. The predicted molar refractivity (Wildman–Crippen MR) is 80.2 cm³/mol. The number of nitrogens with zero attached hydrogens (tertiary/aromatic N) is 1. The summed E-state index contributed by atoms with van der Waals surface area (Å²) in [7, 11) is 1.33. The first-order chi connectivity index (χ1) is 10.2. The minimum Gasteiger partial charge on any atom is -0.465 e. The van der Waals surface area contributed by atoms with Crippen molar-refractivity contribution in [2.45, 2.75) is 12.5 Å². The third kappa shape index (κ3) is 4.03. The SMILES string of the molecule is COC(=O)c1cccnc1NC(CO)Cc1ccccc1. The first kappa shape index (κ1) is 15.0. The van der Waals surface area contributed by atoms with Gasteiger partial charge in [0, 0.05) is 6.20 Å². The normalized spacial score (nSPS) is 11.7. The molecule has 5 heteroatoms. The van der Waals surface area contributed by atoms with E-state index < -0.39 is 5.97 Å². The fraction of sp³-hybridized carbons (Fsp3) is 0.250. The maximum absolute atomic E-state index is 11.7. The standard InChI is InChI=1S/C16H18N2O3/c1-21-16(20)14-8-5-9-17-15(14)18-13(11-19)10-12-6-3-2-4-7-12/h2-9,13,19H,10-11H2,1H3,(H,17,18). The molecule has 0 spiro atoms. The average molecular weight is 286 g/mol. The molecule has 1 aromatic carbocycles. The molecule has 2 N–H and O–H groups in total. The summed E-state index contributed by atoms with van der Waals surface area (Å²) in [5.74, 6) is -0.0404. The molecule has 0 radical (unpaired) electrons. The van der Waals surface area contributed by atoms with Gasteiger partial charge in [0.25, 0.3) is 0 Å². The van der Waals surface area contributed by atoms with Crippen molar-refractivity contribution in [2.24, 2.45) is 0 Å². The Kier molecular flexibility index (Phi) is 5.29. The Hall–Kier alpha value is -2.40. The van der Waals surface area contributed by atoms with E-state index >= 15 is 0 Å². The summed E-state index contributed by atoms with van der Waals surface area (Å²) in [5.41, 5.74) is 1.45. The number of nitrogens with one attached hydrogen (secondary N) is 1. The summed E-state index contributed by atoms with van der Waals surface area (Å²) >= 11 is 0. The highest BCUT2D eigenvalue weighted by Crippen LogP contribution is 2.15. The number of hydrogen-bond acceptors (Lipinski definition) is 5. The van der Waals surface area contributed by atoms with Crippen molar-refractivity contribution in [1.82, 2.24) is 4.98 Å². The largest absolute Gasteiger partial charge is 0.465 e. The van der Waals surface area contributed by atoms with Gasteiger partial charge >= 0.3 is 5.97 Å². The topological polar surface area (TPSA) is 71.5 Å². The van der Waals surface area contributed by atoms with E-state index in [4.69, 9.17) is 4.74 Å². The van der Waals surface area contributed by atoms with Crippen molar-refractivity contribution < 1.29 is 14.6 Å². The van der Waals surface area contributed by atoms with E-state index in [2.05, 4.69) is 10.3 Å². The quantitative estimate of drug-likeness (QED) is 0.793. The Morgan fingerprint density at radius 2 is 2.05 bits per heavy atom. The lowest BCUT2D eigenvalue weighted by Crippen LogP contribution is -2.28. The second-order valence-electron chi connectivity index (χ2n) is 4.60. The van der Waals surface area contributed by atoms with E-state index in [0.717, 1.165) is 5.56 Å². The highest BCUT2D eigenvalue weighted by molar-refractivity contribution is 5.94. The zero-order valence-electron chi connectivity index (χ0n) is 11.8. The number of anilines is 1. The summed E-state index contributed by atoms with van der Waals surface area (Å²) in [6, 6.07) is 12.9. The zero-order valence-corrected chi connectivity index (χ0v) is 11.8. The van der Waals surface area contributed by atoms with Crippen molar-refractivity contribution in [2.75, 3.05) is 19.0 Å². The molecule has 1 heterocycles. The van der Waals surface area contributed by atoms with Crippen LogP contribution in [-0.4, -0.2) is 35.8 Å². The Bertz CT molecular complexity index is 587. The number of benzene rings is 1. The summed E-state index contributed by atoms with van der Waals surface area (Å²) in [6.07, 6.45) is 2.22. The van der Waals surface area contributed by atoms with Gasteiger partial charge < -0.3 is 15.2 Å². The summed E-state index contributed by atoms with van der Waals surface area (Å²) in [6.45, 7) is -0.0634. The molecule has 1 atom stereocenters. The van der Waals surface area contributed by atoms with E-state index in [0.29, 0.717) is 17.8 Å². The minimum absolute atomic E-state index is 0.0634. The fourth-order valence-electron chi connectivity index (χ4n) is 2.05. The van der Waals surface area contributed by atoms with Gasteiger partial charge in [-0.3, -0.25) is 0 Å². The molecule has 2 aromatic rings. The molecule has 110 valence electrons. The Morgan fingerprint density at radius 1 is 1.29 bits per heavy atom. The number of aromatic nitrogens is 1. The number of methoxy groups -OCH3 is 1. The number of esters is 1. The summed E-state index contributed by atoms with van der Waals surface area (Å²) in [4.78, 5) is 15.9. The van der Waals surface area contributed by atoms with Gasteiger partial charge in [0.1, 0.15) is 11.4 Å². The number of aliphatic hydroxyl groups is 1. The van der Waals surface area contributed by atoms with E-state index in [1.807, 2.05) is 30.3 Å². The Balaban J connectivity index is 2.13. The molecule has 2 rings (SSSR count). The van der Waals surface area contributed by atoms with Crippen molar-refractivity contribution in [3.05, 3.63) is 59.8 Å². The molecule has 5 nitrogen and oxygen atoms in total. The van der Waals surface area contributed by atoms with E-state index in [1.165, 1.54) is 7.11 Å². The molecule has 0 aliphatic rings. The maximum Gasteiger partial charge on any atom is 0.341 e. The number of rotatable bonds is 6. The van der Waals surface area contributed by atoms with Crippen LogP contribution in [0.5, 0.6) is 0 Å². The average Bonchev–Trinajstić information content (AvgIpc) is 2.55. The fourth-order valence-corrected chi connectivity index (χ4v) is 2.05. The highest BCUT2D eigenvalue weighted by atomic mass is 16.5. The van der Waals surface area contributed by atoms with Crippen LogP contribution in [0.4, 0.5) is 5.82 Å². The third-order valence-electron chi connectivity index (χ3n) is 3.10. The molecule has 21 heavy (non-hydrogen) atoms. The van der Waals surface area contributed by atoms with E-state index in [9.17, 15) is 9.90 Å². The van der Waals surface area contributed by atoms with Crippen LogP contribution in [0.3, 0.4) is 0 Å². The van der Waals surface area contributed by atoms with Crippen LogP contribution in [0, 0.1) is 0 Å². The number of carbonyl (C=O) groups is 1. The lowest BCUT2D eigenvalue weighted by Gasteiger charge is -2.18. The van der Waals surface area contributed by atoms with Gasteiger partial charge in [-0.15, -0.1) is 0 Å². The lowest BCUT2D eigenvalue weighted by atomic mass is 10.1. The monoisotopic (exact) mass is 286 g/mol. The first-order valence-corrected chi connectivity index (χ1v) is 6.69. The van der Waals surface area contributed by atoms with Crippen molar-refractivity contribution in [1.29, 1.82) is 0 Å². The molecular weight excluding hydrogens is 268 g/mol. The van der Waals surface area contributed by atoms with Crippen LogP contribution in [0.25, 0.3) is 0 Å². The molecule has 0 fully saturated rings. The van der Waals surface area contributed by atoms with E-state index in [-0.39, 0.29) is 12.6 Å². The van der Waals surface area contributed by atoms with Gasteiger partial charge in [-0.2, -0.15) is 0 Å². The number of hydrogen-bond donors (Lipinski definition) is 2. The second-order valence-corrected chi connectivity index (χ2v) is 4.60. The molecule has 0 bridgehead atoms. The molecule has 0 saturated carbocycles. The van der Waals surface area contributed by atoms with Gasteiger partial charge in [0.15, 0.2) is 0 Å². The number of aliphatic hydroxyl groups excluding tert-OH is 1. The van der Waals surface area contributed by atoms with Gasteiger partial charge in [0.2, 0.25) is 0 Å². The molecular formula is C16H18N2O3. The number of carbonyl (C=O) groups excluding carboxylic acids is 1. The first-order valence-electron chi connectivity index (χ1n) is 6.69. The maximum atomic E-state index is 11.7. The Labute approximate surface area is 123 Å². The van der Waals surface area contributed by atoms with Gasteiger partial charge in [-0.05, 0) is 24.1 Å². The zero-order chi connectivity index (χ0) is 15.1. The van der Waals surface area contributed by atoms with Crippen LogP contribution in [0.2, 0.25) is 0 Å².